The molecule has 3 aromatic rings. The van der Waals surface area contributed by atoms with E-state index in [4.69, 9.17) is 9.47 Å². The third-order valence-corrected chi connectivity index (χ3v) is 5.55. The number of nitrogens with one attached hydrogen (secondary N) is 3. The molecular formula is C29H31N3O5. The quantitative estimate of drug-likeness (QED) is 0.321. The largest absolute Gasteiger partial charge is 0.493 e. The second kappa shape index (κ2) is 11.9. The fraction of sp³-hybridized carbons (Fsp3) is 0.207. The van der Waals surface area contributed by atoms with E-state index in [1.165, 1.54) is 13.2 Å². The number of hydrogen-bond acceptors (Lipinski definition) is 5. The molecule has 192 valence electrons. The molecule has 0 aliphatic heterocycles. The number of carbonyl (C=O) groups is 3. The maximum absolute atomic E-state index is 12.5. The zero-order chi connectivity index (χ0) is 27.0. The summed E-state index contributed by atoms with van der Waals surface area (Å²) in [7, 11) is 3.07. The molecule has 0 heterocycles. The molecule has 0 saturated carbocycles. The molecular weight excluding hydrogens is 470 g/mol. The van der Waals surface area contributed by atoms with Gasteiger partial charge in [0.15, 0.2) is 11.5 Å². The van der Waals surface area contributed by atoms with Crippen LogP contribution in [0, 0.1) is 0 Å². The zero-order valence-corrected chi connectivity index (χ0v) is 21.5. The molecule has 0 saturated heterocycles. The Balaban J connectivity index is 1.52. The van der Waals surface area contributed by atoms with Crippen LogP contribution in [0.1, 0.15) is 52.6 Å². The summed E-state index contributed by atoms with van der Waals surface area (Å²) >= 11 is 0. The summed E-state index contributed by atoms with van der Waals surface area (Å²) in [5, 5.41) is 2.81. The normalized spacial score (nSPS) is 11.1. The number of rotatable bonds is 7. The van der Waals surface area contributed by atoms with Crippen LogP contribution >= 0.6 is 0 Å². The SMILES string of the molecule is COc1ccc(/C=C/C(=O)NNC(=O)c2ccc(NC(=O)c3ccc(C(C)(C)C)cc3)cc2)cc1OC. The number of hydrazine groups is 1. The lowest BCUT2D eigenvalue weighted by Crippen LogP contribution is -2.40. The molecule has 0 bridgehead atoms. The third kappa shape index (κ3) is 7.44. The van der Waals surface area contributed by atoms with Gasteiger partial charge in [0.1, 0.15) is 0 Å². The molecule has 0 spiro atoms. The molecule has 0 radical (unpaired) electrons. The number of amides is 3. The number of hydrogen-bond donors (Lipinski definition) is 3. The Morgan fingerprint density at radius 3 is 1.92 bits per heavy atom. The van der Waals surface area contributed by atoms with Crippen molar-refractivity contribution in [2.24, 2.45) is 0 Å². The standard InChI is InChI=1S/C29H31N3O5/c1-29(2,3)22-12-8-20(9-13-22)27(34)30-23-14-10-21(11-15-23)28(35)32-31-26(33)17-7-19-6-16-24(36-4)25(18-19)37-5/h6-18H,1-5H3,(H,30,34)(H,31,33)(H,32,35)/b17-7+. The summed E-state index contributed by atoms with van der Waals surface area (Å²) in [4.78, 5) is 37.0. The Bertz CT molecular complexity index is 1290. The number of anilines is 1. The fourth-order valence-electron chi connectivity index (χ4n) is 3.39. The monoisotopic (exact) mass is 501 g/mol. The highest BCUT2D eigenvalue weighted by atomic mass is 16.5. The average molecular weight is 502 g/mol. The van der Waals surface area contributed by atoms with Gasteiger partial charge in [-0.15, -0.1) is 0 Å². The first-order valence-electron chi connectivity index (χ1n) is 11.6. The molecule has 3 amide bonds. The first-order valence-corrected chi connectivity index (χ1v) is 11.6. The van der Waals surface area contributed by atoms with Gasteiger partial charge in [-0.3, -0.25) is 25.2 Å². The van der Waals surface area contributed by atoms with E-state index < -0.39 is 11.8 Å². The van der Waals surface area contributed by atoms with Crippen molar-refractivity contribution in [1.82, 2.24) is 10.9 Å². The van der Waals surface area contributed by atoms with E-state index in [9.17, 15) is 14.4 Å². The van der Waals surface area contributed by atoms with Crippen molar-refractivity contribution >= 4 is 29.5 Å². The number of carbonyl (C=O) groups excluding carboxylic acids is 3. The predicted molar refractivity (Wildman–Crippen MR) is 144 cm³/mol. The zero-order valence-electron chi connectivity index (χ0n) is 21.5. The molecule has 8 heteroatoms. The van der Waals surface area contributed by atoms with Gasteiger partial charge in [-0.2, -0.15) is 0 Å². The van der Waals surface area contributed by atoms with E-state index in [1.54, 1.807) is 67.8 Å². The van der Waals surface area contributed by atoms with Gasteiger partial charge in [-0.25, -0.2) is 0 Å². The van der Waals surface area contributed by atoms with Crippen molar-refractivity contribution in [2.45, 2.75) is 26.2 Å². The Morgan fingerprint density at radius 2 is 1.32 bits per heavy atom. The molecule has 0 aliphatic rings. The molecule has 3 rings (SSSR count). The topological polar surface area (TPSA) is 106 Å². The number of ether oxygens (including phenoxy) is 2. The van der Waals surface area contributed by atoms with Crippen molar-refractivity contribution in [2.75, 3.05) is 19.5 Å². The molecule has 0 aromatic heterocycles. The van der Waals surface area contributed by atoms with Gasteiger partial charge < -0.3 is 14.8 Å². The van der Waals surface area contributed by atoms with Crippen LogP contribution < -0.4 is 25.6 Å². The van der Waals surface area contributed by atoms with Crippen molar-refractivity contribution in [1.29, 1.82) is 0 Å². The lowest BCUT2D eigenvalue weighted by molar-refractivity contribution is -0.117. The fourth-order valence-corrected chi connectivity index (χ4v) is 3.39. The maximum Gasteiger partial charge on any atom is 0.269 e. The highest BCUT2D eigenvalue weighted by molar-refractivity contribution is 6.04. The summed E-state index contributed by atoms with van der Waals surface area (Å²) in [6.07, 6.45) is 2.87. The van der Waals surface area contributed by atoms with Crippen molar-refractivity contribution < 1.29 is 23.9 Å². The highest BCUT2D eigenvalue weighted by Gasteiger charge is 2.14. The van der Waals surface area contributed by atoms with Crippen LogP contribution in [0.2, 0.25) is 0 Å². The Hall–Kier alpha value is -4.59. The van der Waals surface area contributed by atoms with Crippen LogP contribution in [0.4, 0.5) is 5.69 Å². The van der Waals surface area contributed by atoms with Crippen molar-refractivity contribution in [3.8, 4) is 11.5 Å². The molecule has 37 heavy (non-hydrogen) atoms. The van der Waals surface area contributed by atoms with Crippen LogP contribution in [0.3, 0.4) is 0 Å². The summed E-state index contributed by atoms with van der Waals surface area (Å²) in [5.41, 5.74) is 7.97. The van der Waals surface area contributed by atoms with E-state index in [-0.39, 0.29) is 11.3 Å². The van der Waals surface area contributed by atoms with E-state index in [0.717, 1.165) is 11.1 Å². The Labute approximate surface area is 216 Å². The van der Waals surface area contributed by atoms with E-state index >= 15 is 0 Å². The van der Waals surface area contributed by atoms with E-state index in [2.05, 4.69) is 36.9 Å². The summed E-state index contributed by atoms with van der Waals surface area (Å²) < 4.78 is 10.4. The molecule has 0 fully saturated rings. The Morgan fingerprint density at radius 1 is 0.730 bits per heavy atom. The van der Waals surface area contributed by atoms with Crippen molar-refractivity contribution in [3.05, 3.63) is 95.1 Å². The van der Waals surface area contributed by atoms with Gasteiger partial charge in [-0.05, 0) is 71.1 Å². The summed E-state index contributed by atoms with van der Waals surface area (Å²) in [6, 6.07) is 19.0. The van der Waals surface area contributed by atoms with Gasteiger partial charge >= 0.3 is 0 Å². The van der Waals surface area contributed by atoms with Gasteiger partial charge in [0.05, 0.1) is 14.2 Å². The highest BCUT2D eigenvalue weighted by Crippen LogP contribution is 2.28. The molecule has 0 unspecified atom stereocenters. The molecule has 3 N–H and O–H groups in total. The van der Waals surface area contributed by atoms with E-state index in [0.29, 0.717) is 28.3 Å². The third-order valence-electron chi connectivity index (χ3n) is 5.55. The second-order valence-electron chi connectivity index (χ2n) is 9.25. The molecule has 0 atom stereocenters. The second-order valence-corrected chi connectivity index (χ2v) is 9.25. The lowest BCUT2D eigenvalue weighted by atomic mass is 9.87. The molecule has 8 nitrogen and oxygen atoms in total. The van der Waals surface area contributed by atoms with Gasteiger partial charge in [-0.1, -0.05) is 39.0 Å². The van der Waals surface area contributed by atoms with Crippen LogP contribution in [-0.2, 0) is 10.2 Å². The Kier molecular flexibility index (Phi) is 8.68. The van der Waals surface area contributed by atoms with Crippen LogP contribution in [0.5, 0.6) is 11.5 Å². The van der Waals surface area contributed by atoms with Gasteiger partial charge in [0.2, 0.25) is 0 Å². The van der Waals surface area contributed by atoms with Crippen LogP contribution in [0.25, 0.3) is 6.08 Å². The number of benzene rings is 3. The van der Waals surface area contributed by atoms with Crippen molar-refractivity contribution in [3.63, 3.8) is 0 Å². The smallest absolute Gasteiger partial charge is 0.269 e. The average Bonchev–Trinajstić information content (AvgIpc) is 2.90. The minimum Gasteiger partial charge on any atom is -0.493 e. The van der Waals surface area contributed by atoms with Crippen LogP contribution in [0.15, 0.2) is 72.8 Å². The summed E-state index contributed by atoms with van der Waals surface area (Å²) in [5.74, 6) is -0.132. The molecule has 3 aromatic carbocycles. The summed E-state index contributed by atoms with van der Waals surface area (Å²) in [6.45, 7) is 6.34. The lowest BCUT2D eigenvalue weighted by Gasteiger charge is -2.19. The number of methoxy groups -OCH3 is 2. The molecule has 0 aliphatic carbocycles. The van der Waals surface area contributed by atoms with Gasteiger partial charge in [0.25, 0.3) is 17.7 Å². The first kappa shape index (κ1) is 27.0. The predicted octanol–water partition coefficient (Wildman–Crippen LogP) is 4.73. The maximum atomic E-state index is 12.5. The first-order chi connectivity index (χ1) is 17.6. The minimum absolute atomic E-state index is 0.00580. The van der Waals surface area contributed by atoms with Crippen LogP contribution in [-0.4, -0.2) is 31.9 Å². The van der Waals surface area contributed by atoms with E-state index in [1.807, 2.05) is 12.1 Å². The minimum atomic E-state index is -0.510. The van der Waals surface area contributed by atoms with Gasteiger partial charge in [0, 0.05) is 22.9 Å².